The first-order chi connectivity index (χ1) is 8.79. The first kappa shape index (κ1) is 14.2. The number of rotatable bonds is 3. The van der Waals surface area contributed by atoms with Crippen LogP contribution in [0.2, 0.25) is 10.0 Å². The highest BCUT2D eigenvalue weighted by molar-refractivity contribution is 7.92. The minimum Gasteiger partial charge on any atom is -0.280 e. The zero-order valence-electron chi connectivity index (χ0n) is 10.2. The topological polar surface area (TPSA) is 74.8 Å². The Labute approximate surface area is 121 Å². The summed E-state index contributed by atoms with van der Waals surface area (Å²) in [6.07, 6.45) is 0. The number of sulfonamides is 1. The van der Waals surface area contributed by atoms with E-state index in [1.807, 2.05) is 0 Å². The largest absolute Gasteiger partial charge is 0.280 e. The number of H-pyrrole nitrogens is 1. The molecule has 1 heterocycles. The summed E-state index contributed by atoms with van der Waals surface area (Å²) >= 11 is 11.6. The van der Waals surface area contributed by atoms with Crippen molar-refractivity contribution in [3.63, 3.8) is 0 Å². The second-order valence-corrected chi connectivity index (χ2v) is 6.59. The number of anilines is 1. The van der Waals surface area contributed by atoms with E-state index < -0.39 is 10.0 Å². The Kier molecular flexibility index (Phi) is 3.75. The highest BCUT2D eigenvalue weighted by Crippen LogP contribution is 2.24. The number of hydrogen-bond acceptors (Lipinski definition) is 3. The molecule has 0 fully saturated rings. The SMILES string of the molecule is Cc1[nH]nc(NS(=O)(=O)c2cc(Cl)cc(Cl)c2)c1C. The van der Waals surface area contributed by atoms with Gasteiger partial charge in [-0.2, -0.15) is 5.10 Å². The van der Waals surface area contributed by atoms with Crippen LogP contribution in [0.15, 0.2) is 23.1 Å². The van der Waals surface area contributed by atoms with Gasteiger partial charge in [0.2, 0.25) is 0 Å². The molecule has 0 bridgehead atoms. The number of nitrogens with zero attached hydrogens (tertiary/aromatic N) is 1. The van der Waals surface area contributed by atoms with Gasteiger partial charge < -0.3 is 0 Å². The van der Waals surface area contributed by atoms with E-state index in [1.54, 1.807) is 13.8 Å². The lowest BCUT2D eigenvalue weighted by atomic mass is 10.3. The van der Waals surface area contributed by atoms with E-state index in [9.17, 15) is 8.42 Å². The minimum atomic E-state index is -3.77. The van der Waals surface area contributed by atoms with E-state index in [0.29, 0.717) is 0 Å². The second-order valence-electron chi connectivity index (χ2n) is 4.03. The van der Waals surface area contributed by atoms with E-state index >= 15 is 0 Å². The zero-order chi connectivity index (χ0) is 14.2. The Balaban J connectivity index is 2.40. The Morgan fingerprint density at radius 1 is 1.16 bits per heavy atom. The summed E-state index contributed by atoms with van der Waals surface area (Å²) in [7, 11) is -3.77. The summed E-state index contributed by atoms with van der Waals surface area (Å²) in [6, 6.07) is 4.11. The molecule has 0 atom stereocenters. The van der Waals surface area contributed by atoms with Gasteiger partial charge in [-0.15, -0.1) is 0 Å². The first-order valence-electron chi connectivity index (χ1n) is 5.30. The fraction of sp³-hybridized carbons (Fsp3) is 0.182. The summed E-state index contributed by atoms with van der Waals surface area (Å²) in [5.74, 6) is 0.258. The minimum absolute atomic E-state index is 0.00921. The van der Waals surface area contributed by atoms with Gasteiger partial charge in [-0.25, -0.2) is 8.42 Å². The molecule has 0 saturated heterocycles. The molecule has 2 N–H and O–H groups in total. The molecule has 19 heavy (non-hydrogen) atoms. The van der Waals surface area contributed by atoms with E-state index in [1.165, 1.54) is 18.2 Å². The molecule has 1 aromatic carbocycles. The van der Waals surface area contributed by atoms with Gasteiger partial charge in [0.1, 0.15) is 0 Å². The summed E-state index contributed by atoms with van der Waals surface area (Å²) in [5, 5.41) is 7.10. The lowest BCUT2D eigenvalue weighted by molar-refractivity contribution is 0.601. The zero-order valence-corrected chi connectivity index (χ0v) is 12.5. The van der Waals surface area contributed by atoms with Crippen molar-refractivity contribution in [2.45, 2.75) is 18.7 Å². The van der Waals surface area contributed by atoms with Gasteiger partial charge in [0.15, 0.2) is 5.82 Å². The Morgan fingerprint density at radius 3 is 2.21 bits per heavy atom. The third-order valence-corrected chi connectivity index (χ3v) is 4.39. The molecule has 0 spiro atoms. The van der Waals surface area contributed by atoms with Crippen LogP contribution in [0.4, 0.5) is 5.82 Å². The standard InChI is InChI=1S/C11H11Cl2N3O2S/c1-6-7(2)14-15-11(6)16-19(17,18)10-4-8(12)3-9(13)5-10/h3-5H,1-2H3,(H2,14,15,16). The van der Waals surface area contributed by atoms with Crippen molar-refractivity contribution in [2.24, 2.45) is 0 Å². The van der Waals surface area contributed by atoms with Crippen LogP contribution in [0, 0.1) is 13.8 Å². The highest BCUT2D eigenvalue weighted by atomic mass is 35.5. The summed E-state index contributed by atoms with van der Waals surface area (Å²) in [6.45, 7) is 3.57. The molecule has 102 valence electrons. The number of aromatic amines is 1. The molecular weight excluding hydrogens is 309 g/mol. The van der Waals surface area contributed by atoms with Crippen molar-refractivity contribution in [3.8, 4) is 0 Å². The van der Waals surface area contributed by atoms with Crippen molar-refractivity contribution in [1.29, 1.82) is 0 Å². The van der Waals surface area contributed by atoms with Crippen molar-refractivity contribution >= 4 is 39.0 Å². The monoisotopic (exact) mass is 319 g/mol. The molecule has 0 amide bonds. The van der Waals surface area contributed by atoms with Crippen LogP contribution in [0.5, 0.6) is 0 Å². The van der Waals surface area contributed by atoms with Crippen LogP contribution < -0.4 is 4.72 Å². The average Bonchev–Trinajstić information content (AvgIpc) is 2.59. The van der Waals surface area contributed by atoms with Gasteiger partial charge in [-0.1, -0.05) is 23.2 Å². The fourth-order valence-corrected chi connectivity index (χ4v) is 3.25. The van der Waals surface area contributed by atoms with E-state index in [0.717, 1.165) is 11.3 Å². The summed E-state index contributed by atoms with van der Waals surface area (Å²) < 4.78 is 26.8. The smallest absolute Gasteiger partial charge is 0.263 e. The average molecular weight is 320 g/mol. The molecule has 0 aliphatic carbocycles. The lowest BCUT2D eigenvalue weighted by Crippen LogP contribution is -2.14. The van der Waals surface area contributed by atoms with Crippen molar-refractivity contribution in [1.82, 2.24) is 10.2 Å². The van der Waals surface area contributed by atoms with Crippen LogP contribution in [-0.2, 0) is 10.0 Å². The number of nitrogens with one attached hydrogen (secondary N) is 2. The van der Waals surface area contributed by atoms with Crippen molar-refractivity contribution in [2.75, 3.05) is 4.72 Å². The molecule has 0 saturated carbocycles. The first-order valence-corrected chi connectivity index (χ1v) is 7.54. The van der Waals surface area contributed by atoms with Crippen LogP contribution >= 0.6 is 23.2 Å². The van der Waals surface area contributed by atoms with Gasteiger partial charge in [-0.3, -0.25) is 9.82 Å². The maximum Gasteiger partial charge on any atom is 0.263 e. The summed E-state index contributed by atoms with van der Waals surface area (Å²) in [5.41, 5.74) is 1.53. The Morgan fingerprint density at radius 2 is 1.74 bits per heavy atom. The quantitative estimate of drug-likeness (QED) is 0.912. The van der Waals surface area contributed by atoms with E-state index in [4.69, 9.17) is 23.2 Å². The number of aryl methyl sites for hydroxylation is 1. The molecule has 0 radical (unpaired) electrons. The third-order valence-electron chi connectivity index (χ3n) is 2.63. The predicted molar refractivity (Wildman–Crippen MR) is 75.3 cm³/mol. The Hall–Kier alpha value is -1.24. The van der Waals surface area contributed by atoms with E-state index in [2.05, 4.69) is 14.9 Å². The van der Waals surface area contributed by atoms with Gasteiger partial charge in [0.25, 0.3) is 10.0 Å². The highest BCUT2D eigenvalue weighted by Gasteiger charge is 2.18. The van der Waals surface area contributed by atoms with Crippen LogP contribution in [0.1, 0.15) is 11.3 Å². The number of halogens is 2. The molecule has 0 unspecified atom stereocenters. The van der Waals surface area contributed by atoms with Gasteiger partial charge in [0, 0.05) is 21.3 Å². The second kappa shape index (κ2) is 5.03. The van der Waals surface area contributed by atoms with Gasteiger partial charge in [0.05, 0.1) is 4.90 Å². The third kappa shape index (κ3) is 3.02. The van der Waals surface area contributed by atoms with Crippen molar-refractivity contribution in [3.05, 3.63) is 39.5 Å². The molecule has 0 aliphatic rings. The van der Waals surface area contributed by atoms with Crippen LogP contribution in [-0.4, -0.2) is 18.6 Å². The number of hydrogen-bond donors (Lipinski definition) is 2. The molecule has 5 nitrogen and oxygen atoms in total. The van der Waals surface area contributed by atoms with E-state index in [-0.39, 0.29) is 20.8 Å². The lowest BCUT2D eigenvalue weighted by Gasteiger charge is -2.07. The maximum atomic E-state index is 12.2. The van der Waals surface area contributed by atoms with Gasteiger partial charge >= 0.3 is 0 Å². The number of benzene rings is 1. The molecule has 2 rings (SSSR count). The maximum absolute atomic E-state index is 12.2. The van der Waals surface area contributed by atoms with Gasteiger partial charge in [-0.05, 0) is 32.0 Å². The fourth-order valence-electron chi connectivity index (χ4n) is 1.45. The van der Waals surface area contributed by atoms with Crippen molar-refractivity contribution < 1.29 is 8.42 Å². The predicted octanol–water partition coefficient (Wildman–Crippen LogP) is 3.13. The molecule has 0 aliphatic heterocycles. The normalized spacial score (nSPS) is 11.6. The summed E-state index contributed by atoms with van der Waals surface area (Å²) in [4.78, 5) is -0.00921. The van der Waals surface area contributed by atoms with Crippen LogP contribution in [0.3, 0.4) is 0 Å². The molecule has 2 aromatic rings. The molecule has 1 aromatic heterocycles. The Bertz CT molecular complexity index is 705. The molecule has 8 heteroatoms. The van der Waals surface area contributed by atoms with Crippen LogP contribution in [0.25, 0.3) is 0 Å². The number of aromatic nitrogens is 2. The molecular formula is C11H11Cl2N3O2S.